The van der Waals surface area contributed by atoms with Gasteiger partial charge in [0.15, 0.2) is 0 Å². The molecule has 1 saturated heterocycles. The molecule has 0 radical (unpaired) electrons. The van der Waals surface area contributed by atoms with Gasteiger partial charge in [0.05, 0.1) is 10.9 Å². The number of thioether (sulfide) groups is 1. The summed E-state index contributed by atoms with van der Waals surface area (Å²) in [7, 11) is 0. The van der Waals surface area contributed by atoms with Crippen LogP contribution < -0.4 is 10.6 Å². The zero-order valence-corrected chi connectivity index (χ0v) is 15.3. The van der Waals surface area contributed by atoms with Crippen molar-refractivity contribution in [2.24, 2.45) is 5.73 Å². The lowest BCUT2D eigenvalue weighted by Crippen LogP contribution is -2.31. The topological polar surface area (TPSA) is 87.2 Å². The number of halogens is 1. The van der Waals surface area contributed by atoms with Crippen LogP contribution in [0.2, 0.25) is 0 Å². The predicted octanol–water partition coefficient (Wildman–Crippen LogP) is 3.05. The summed E-state index contributed by atoms with van der Waals surface area (Å²) in [6, 6.07) is 14.9. The normalized spacial score (nSPS) is 18.3. The number of carbonyl (C=O) groups is 2. The molecule has 136 valence electrons. The quantitative estimate of drug-likeness (QED) is 0.651. The summed E-state index contributed by atoms with van der Waals surface area (Å²) in [5.74, 6) is -1.48. The zero-order valence-electron chi connectivity index (χ0n) is 14.5. The average molecular weight is 381 g/mol. The molecule has 0 bridgehead atoms. The van der Waals surface area contributed by atoms with Gasteiger partial charge in [-0.15, -0.1) is 0 Å². The second-order valence-electron chi connectivity index (χ2n) is 6.05. The van der Waals surface area contributed by atoms with Crippen molar-refractivity contribution in [3.05, 3.63) is 76.1 Å². The summed E-state index contributed by atoms with van der Waals surface area (Å²) in [6.45, 7) is 1.84. The van der Waals surface area contributed by atoms with Crippen molar-refractivity contribution in [3.8, 4) is 6.07 Å². The second kappa shape index (κ2) is 7.64. The van der Waals surface area contributed by atoms with Crippen molar-refractivity contribution in [1.82, 2.24) is 0 Å². The van der Waals surface area contributed by atoms with Crippen LogP contribution in [0.1, 0.15) is 11.1 Å². The molecule has 5 nitrogen and oxygen atoms in total. The maximum Gasteiger partial charge on any atom is 0.262 e. The molecule has 1 atom stereocenters. The van der Waals surface area contributed by atoms with Crippen LogP contribution in [0.3, 0.4) is 0 Å². The third-order valence-electron chi connectivity index (χ3n) is 4.22. The van der Waals surface area contributed by atoms with Gasteiger partial charge in [-0.05, 0) is 42.7 Å². The molecule has 0 unspecified atom stereocenters. The van der Waals surface area contributed by atoms with Crippen LogP contribution in [0.15, 0.2) is 59.1 Å². The molecule has 1 heterocycles. The van der Waals surface area contributed by atoms with Crippen LogP contribution in [-0.2, 0) is 16.0 Å². The van der Waals surface area contributed by atoms with E-state index in [4.69, 9.17) is 5.73 Å². The maximum atomic E-state index is 13.1. The Bertz CT molecular complexity index is 979. The molecule has 1 fully saturated rings. The van der Waals surface area contributed by atoms with Crippen LogP contribution in [0.4, 0.5) is 10.1 Å². The molecule has 0 aromatic heterocycles. The Balaban J connectivity index is 2.05. The van der Waals surface area contributed by atoms with E-state index in [-0.39, 0.29) is 22.3 Å². The lowest BCUT2D eigenvalue weighted by molar-refractivity contribution is -0.117. The highest BCUT2D eigenvalue weighted by Gasteiger charge is 2.40. The minimum Gasteiger partial charge on any atom is -0.365 e. The van der Waals surface area contributed by atoms with E-state index in [1.807, 2.05) is 25.1 Å². The molecule has 2 amide bonds. The van der Waals surface area contributed by atoms with Gasteiger partial charge >= 0.3 is 0 Å². The molecule has 2 aromatic carbocycles. The molecule has 2 aromatic rings. The first kappa shape index (κ1) is 18.7. The number of nitrogens with two attached hydrogens (primary N) is 1. The number of anilines is 1. The van der Waals surface area contributed by atoms with E-state index in [1.165, 1.54) is 17.0 Å². The van der Waals surface area contributed by atoms with Crippen molar-refractivity contribution in [1.29, 1.82) is 5.26 Å². The molecular weight excluding hydrogens is 365 g/mol. The number of aryl methyl sites for hydroxylation is 1. The Kier molecular flexibility index (Phi) is 5.28. The molecule has 0 spiro atoms. The summed E-state index contributed by atoms with van der Waals surface area (Å²) in [5.41, 5.74) is 7.31. The Labute approximate surface area is 160 Å². The standard InChI is InChI=1S/C20H16FN3O2S/c1-12-4-2-3-5-16(12)24-19(26)17(10-13-6-8-14(21)9-7-13)27-20(24)15(11-22)18(23)25/h2-9,17H,10H2,1H3,(H2,23,25)/b20-15+/t17-/m1/s1. The van der Waals surface area contributed by atoms with Gasteiger partial charge in [-0.2, -0.15) is 5.26 Å². The van der Waals surface area contributed by atoms with E-state index in [0.717, 1.165) is 22.9 Å². The molecule has 0 saturated carbocycles. The van der Waals surface area contributed by atoms with Crippen molar-refractivity contribution in [3.63, 3.8) is 0 Å². The fourth-order valence-corrected chi connectivity index (χ4v) is 4.18. The van der Waals surface area contributed by atoms with Gasteiger partial charge in [0.2, 0.25) is 5.91 Å². The van der Waals surface area contributed by atoms with Crippen molar-refractivity contribution in [2.45, 2.75) is 18.6 Å². The summed E-state index contributed by atoms with van der Waals surface area (Å²) in [5, 5.41) is 9.07. The minimum absolute atomic E-state index is 0.233. The molecule has 27 heavy (non-hydrogen) atoms. The predicted molar refractivity (Wildman–Crippen MR) is 102 cm³/mol. The Morgan fingerprint density at radius 3 is 2.52 bits per heavy atom. The van der Waals surface area contributed by atoms with Gasteiger partial charge in [-0.25, -0.2) is 4.39 Å². The fourth-order valence-electron chi connectivity index (χ4n) is 2.87. The fraction of sp³-hybridized carbons (Fsp3) is 0.150. The first-order chi connectivity index (χ1) is 12.9. The number of hydrogen-bond donors (Lipinski definition) is 1. The third kappa shape index (κ3) is 3.71. The molecule has 3 rings (SSSR count). The summed E-state index contributed by atoms with van der Waals surface area (Å²) in [4.78, 5) is 26.2. The summed E-state index contributed by atoms with van der Waals surface area (Å²) in [6.07, 6.45) is 0.340. The minimum atomic E-state index is -0.881. The highest BCUT2D eigenvalue weighted by molar-refractivity contribution is 8.05. The van der Waals surface area contributed by atoms with E-state index in [9.17, 15) is 19.2 Å². The lowest BCUT2D eigenvalue weighted by Gasteiger charge is -2.20. The maximum absolute atomic E-state index is 13.1. The first-order valence-corrected chi connectivity index (χ1v) is 9.05. The molecular formula is C20H16FN3O2S. The van der Waals surface area contributed by atoms with E-state index in [0.29, 0.717) is 12.1 Å². The smallest absolute Gasteiger partial charge is 0.262 e. The average Bonchev–Trinajstić information content (AvgIpc) is 2.94. The van der Waals surface area contributed by atoms with E-state index >= 15 is 0 Å². The highest BCUT2D eigenvalue weighted by Crippen LogP contribution is 2.42. The number of benzene rings is 2. The van der Waals surface area contributed by atoms with Crippen LogP contribution >= 0.6 is 11.8 Å². The van der Waals surface area contributed by atoms with Crippen molar-refractivity contribution < 1.29 is 14.0 Å². The number of carbonyl (C=O) groups excluding carboxylic acids is 2. The number of primary amides is 1. The van der Waals surface area contributed by atoms with Crippen LogP contribution in [0.5, 0.6) is 0 Å². The van der Waals surface area contributed by atoms with Gasteiger partial charge in [0.25, 0.3) is 5.91 Å². The van der Waals surface area contributed by atoms with Crippen LogP contribution in [-0.4, -0.2) is 17.1 Å². The number of para-hydroxylation sites is 1. The molecule has 7 heteroatoms. The molecule has 1 aliphatic heterocycles. The molecule has 1 aliphatic rings. The third-order valence-corrected chi connectivity index (χ3v) is 5.48. The first-order valence-electron chi connectivity index (χ1n) is 8.17. The highest BCUT2D eigenvalue weighted by atomic mass is 32.2. The zero-order chi connectivity index (χ0) is 19.6. The molecule has 0 aliphatic carbocycles. The SMILES string of the molecule is Cc1ccccc1N1C(=O)[C@@H](Cc2ccc(F)cc2)S/C1=C(\C#N)C(N)=O. The largest absolute Gasteiger partial charge is 0.365 e. The van der Waals surface area contributed by atoms with Gasteiger partial charge in [0, 0.05) is 0 Å². The van der Waals surface area contributed by atoms with Crippen LogP contribution in [0.25, 0.3) is 0 Å². The van der Waals surface area contributed by atoms with E-state index in [1.54, 1.807) is 24.3 Å². The van der Waals surface area contributed by atoms with Crippen molar-refractivity contribution >= 4 is 29.3 Å². The lowest BCUT2D eigenvalue weighted by atomic mass is 10.1. The van der Waals surface area contributed by atoms with Crippen molar-refractivity contribution in [2.75, 3.05) is 4.90 Å². The second-order valence-corrected chi connectivity index (χ2v) is 7.24. The van der Waals surface area contributed by atoms with Gasteiger partial charge in [-0.1, -0.05) is 42.1 Å². The Morgan fingerprint density at radius 1 is 1.26 bits per heavy atom. The monoisotopic (exact) mass is 381 g/mol. The number of nitrogens with zero attached hydrogens (tertiary/aromatic N) is 2. The van der Waals surface area contributed by atoms with E-state index < -0.39 is 11.2 Å². The Hall–Kier alpha value is -3.11. The van der Waals surface area contributed by atoms with Gasteiger partial charge < -0.3 is 5.73 Å². The summed E-state index contributed by atoms with van der Waals surface area (Å²) < 4.78 is 13.1. The van der Waals surface area contributed by atoms with Gasteiger partial charge in [0.1, 0.15) is 22.5 Å². The Morgan fingerprint density at radius 2 is 1.93 bits per heavy atom. The van der Waals surface area contributed by atoms with Crippen LogP contribution in [0, 0.1) is 24.1 Å². The number of rotatable bonds is 4. The van der Waals surface area contributed by atoms with Gasteiger partial charge in [-0.3, -0.25) is 14.5 Å². The number of amides is 2. The number of hydrogen-bond acceptors (Lipinski definition) is 4. The molecule has 2 N–H and O–H groups in total. The number of nitriles is 1. The summed E-state index contributed by atoms with van der Waals surface area (Å²) >= 11 is 1.13. The van der Waals surface area contributed by atoms with E-state index in [2.05, 4.69) is 0 Å².